The molecule has 1 amide bonds. The molecule has 1 heterocycles. The Kier molecular flexibility index (Phi) is 5.83. The summed E-state index contributed by atoms with van der Waals surface area (Å²) in [4.78, 5) is 23.9. The van der Waals surface area contributed by atoms with Crippen molar-refractivity contribution in [1.29, 1.82) is 0 Å². The molecule has 7 heteroatoms. The zero-order valence-electron chi connectivity index (χ0n) is 14.3. The third-order valence-electron chi connectivity index (χ3n) is 3.55. The fraction of sp³-hybridized carbons (Fsp3) is 0.0500. The highest BCUT2D eigenvalue weighted by Gasteiger charge is 2.09. The first kappa shape index (κ1) is 18.6. The Bertz CT molecular complexity index is 976. The van der Waals surface area contributed by atoms with E-state index in [1.165, 1.54) is 12.3 Å². The third-order valence-corrected chi connectivity index (χ3v) is 3.98. The van der Waals surface area contributed by atoms with Gasteiger partial charge in [-0.25, -0.2) is 10.2 Å². The normalized spacial score (nSPS) is 10.7. The number of amides is 1. The number of esters is 1. The average Bonchev–Trinajstić information content (AvgIpc) is 3.10. The molecule has 0 bridgehead atoms. The van der Waals surface area contributed by atoms with Gasteiger partial charge in [0.05, 0.1) is 11.8 Å². The monoisotopic (exact) mass is 426 g/mol. The lowest BCUT2D eigenvalue weighted by Gasteiger charge is -2.05. The van der Waals surface area contributed by atoms with Crippen molar-refractivity contribution in [3.63, 3.8) is 0 Å². The number of carbonyl (C=O) groups excluding carboxylic acids is 2. The van der Waals surface area contributed by atoms with E-state index in [1.807, 2.05) is 19.1 Å². The average molecular weight is 427 g/mol. The van der Waals surface area contributed by atoms with Gasteiger partial charge < -0.3 is 9.15 Å². The molecule has 0 radical (unpaired) electrons. The SMILES string of the molecule is Cc1ccc(C(=O)Oc2ccc(/C=N/NC(=O)c3ccc(Br)o3)cc2)cc1. The van der Waals surface area contributed by atoms with E-state index in [2.05, 4.69) is 26.5 Å². The summed E-state index contributed by atoms with van der Waals surface area (Å²) in [5.74, 6) is -0.312. The number of carbonyl (C=O) groups is 2. The molecule has 0 aliphatic carbocycles. The molecule has 136 valence electrons. The van der Waals surface area contributed by atoms with Crippen LogP contribution in [0.5, 0.6) is 5.75 Å². The Hall–Kier alpha value is -3.19. The van der Waals surface area contributed by atoms with Crippen molar-refractivity contribution in [1.82, 2.24) is 5.43 Å². The first-order chi connectivity index (χ1) is 13.0. The van der Waals surface area contributed by atoms with Gasteiger partial charge in [-0.05, 0) is 76.9 Å². The van der Waals surface area contributed by atoms with Crippen molar-refractivity contribution in [2.75, 3.05) is 0 Å². The van der Waals surface area contributed by atoms with Gasteiger partial charge >= 0.3 is 11.9 Å². The van der Waals surface area contributed by atoms with E-state index in [0.717, 1.165) is 11.1 Å². The van der Waals surface area contributed by atoms with Crippen LogP contribution >= 0.6 is 15.9 Å². The zero-order valence-corrected chi connectivity index (χ0v) is 15.9. The Morgan fingerprint density at radius 3 is 2.37 bits per heavy atom. The number of nitrogens with one attached hydrogen (secondary N) is 1. The lowest BCUT2D eigenvalue weighted by Crippen LogP contribution is -2.16. The maximum Gasteiger partial charge on any atom is 0.343 e. The number of aryl methyl sites for hydroxylation is 1. The molecule has 0 aliphatic rings. The van der Waals surface area contributed by atoms with Crippen LogP contribution in [-0.2, 0) is 0 Å². The number of benzene rings is 2. The van der Waals surface area contributed by atoms with E-state index >= 15 is 0 Å². The fourth-order valence-corrected chi connectivity index (χ4v) is 2.44. The topological polar surface area (TPSA) is 80.9 Å². The second-order valence-corrected chi connectivity index (χ2v) is 6.41. The number of halogens is 1. The van der Waals surface area contributed by atoms with Crippen LogP contribution in [0.1, 0.15) is 32.0 Å². The standard InChI is InChI=1S/C20H15BrN2O4/c1-13-2-6-15(7-3-13)20(25)26-16-8-4-14(5-9-16)12-22-23-19(24)17-10-11-18(21)27-17/h2-12H,1H3,(H,23,24)/b22-12+. The molecule has 0 atom stereocenters. The third kappa shape index (κ3) is 5.15. The van der Waals surface area contributed by atoms with E-state index in [-0.39, 0.29) is 5.76 Å². The Morgan fingerprint density at radius 2 is 1.74 bits per heavy atom. The molecule has 3 rings (SSSR count). The van der Waals surface area contributed by atoms with Crippen LogP contribution in [0.25, 0.3) is 0 Å². The number of rotatable bonds is 5. The van der Waals surface area contributed by atoms with Crippen molar-refractivity contribution in [3.8, 4) is 5.75 Å². The van der Waals surface area contributed by atoms with Gasteiger partial charge in [0.15, 0.2) is 10.4 Å². The van der Waals surface area contributed by atoms with Crippen molar-refractivity contribution < 1.29 is 18.7 Å². The molecule has 2 aromatic carbocycles. The smallest absolute Gasteiger partial charge is 0.343 e. The minimum absolute atomic E-state index is 0.150. The first-order valence-electron chi connectivity index (χ1n) is 7.99. The van der Waals surface area contributed by atoms with Gasteiger partial charge in [0.2, 0.25) is 0 Å². The van der Waals surface area contributed by atoms with Gasteiger partial charge in [0.1, 0.15) is 5.75 Å². The first-order valence-corrected chi connectivity index (χ1v) is 8.78. The molecule has 1 aromatic heterocycles. The Morgan fingerprint density at radius 1 is 1.04 bits per heavy atom. The molecule has 0 saturated carbocycles. The van der Waals surface area contributed by atoms with E-state index in [1.54, 1.807) is 42.5 Å². The van der Waals surface area contributed by atoms with Gasteiger partial charge in [-0.15, -0.1) is 0 Å². The summed E-state index contributed by atoms with van der Waals surface area (Å²) in [5, 5.41) is 3.87. The number of ether oxygens (including phenoxy) is 1. The van der Waals surface area contributed by atoms with Crippen LogP contribution in [0.4, 0.5) is 0 Å². The van der Waals surface area contributed by atoms with Crippen molar-refractivity contribution in [2.45, 2.75) is 6.92 Å². The summed E-state index contributed by atoms with van der Waals surface area (Å²) in [6.45, 7) is 1.95. The molecule has 0 fully saturated rings. The molecule has 0 unspecified atom stereocenters. The maximum atomic E-state index is 12.1. The van der Waals surface area contributed by atoms with E-state index in [9.17, 15) is 9.59 Å². The van der Waals surface area contributed by atoms with Crippen LogP contribution in [0.15, 0.2) is 74.9 Å². The number of hydrazone groups is 1. The molecule has 0 aliphatic heterocycles. The predicted molar refractivity (Wildman–Crippen MR) is 104 cm³/mol. The van der Waals surface area contributed by atoms with E-state index in [4.69, 9.17) is 9.15 Å². The lowest BCUT2D eigenvalue weighted by atomic mass is 10.1. The second-order valence-electron chi connectivity index (χ2n) is 5.63. The summed E-state index contributed by atoms with van der Waals surface area (Å²) in [6.07, 6.45) is 1.47. The number of hydrogen-bond donors (Lipinski definition) is 1. The summed E-state index contributed by atoms with van der Waals surface area (Å²) < 4.78 is 10.9. The fourth-order valence-electron chi connectivity index (χ4n) is 2.13. The highest BCUT2D eigenvalue weighted by Crippen LogP contribution is 2.15. The number of furan rings is 1. The predicted octanol–water partition coefficient (Wildman–Crippen LogP) is 4.33. The van der Waals surface area contributed by atoms with Crippen LogP contribution in [0.3, 0.4) is 0 Å². The minimum Gasteiger partial charge on any atom is -0.444 e. The van der Waals surface area contributed by atoms with Gasteiger partial charge in [-0.2, -0.15) is 5.10 Å². The quantitative estimate of drug-likeness (QED) is 0.285. The summed E-state index contributed by atoms with van der Waals surface area (Å²) in [6, 6.07) is 17.0. The van der Waals surface area contributed by atoms with Crippen LogP contribution in [0, 0.1) is 6.92 Å². The Labute approximate surface area is 164 Å². The van der Waals surface area contributed by atoms with E-state index in [0.29, 0.717) is 16.0 Å². The van der Waals surface area contributed by atoms with Gasteiger partial charge in [-0.1, -0.05) is 17.7 Å². The van der Waals surface area contributed by atoms with Crippen molar-refractivity contribution >= 4 is 34.0 Å². The maximum absolute atomic E-state index is 12.1. The number of nitrogens with zero attached hydrogens (tertiary/aromatic N) is 1. The summed E-state index contributed by atoms with van der Waals surface area (Å²) in [7, 11) is 0. The Balaban J connectivity index is 1.56. The van der Waals surface area contributed by atoms with Crippen molar-refractivity contribution in [2.24, 2.45) is 5.10 Å². The highest BCUT2D eigenvalue weighted by atomic mass is 79.9. The van der Waals surface area contributed by atoms with Gasteiger partial charge in [0.25, 0.3) is 0 Å². The molecule has 6 nitrogen and oxygen atoms in total. The largest absolute Gasteiger partial charge is 0.444 e. The van der Waals surface area contributed by atoms with Gasteiger partial charge in [0, 0.05) is 0 Å². The molecule has 0 spiro atoms. The highest BCUT2D eigenvalue weighted by molar-refractivity contribution is 9.10. The molecule has 1 N–H and O–H groups in total. The van der Waals surface area contributed by atoms with Gasteiger partial charge in [-0.3, -0.25) is 4.79 Å². The van der Waals surface area contributed by atoms with Crippen LogP contribution in [0.2, 0.25) is 0 Å². The molecule has 3 aromatic rings. The number of hydrogen-bond acceptors (Lipinski definition) is 5. The van der Waals surface area contributed by atoms with Crippen LogP contribution in [-0.4, -0.2) is 18.1 Å². The molecule has 0 saturated heterocycles. The molecular weight excluding hydrogens is 412 g/mol. The molecular formula is C20H15BrN2O4. The summed E-state index contributed by atoms with van der Waals surface area (Å²) >= 11 is 3.13. The zero-order chi connectivity index (χ0) is 19.2. The van der Waals surface area contributed by atoms with Crippen LogP contribution < -0.4 is 10.2 Å². The van der Waals surface area contributed by atoms with Crippen molar-refractivity contribution in [3.05, 3.63) is 87.8 Å². The molecule has 27 heavy (non-hydrogen) atoms. The summed E-state index contributed by atoms with van der Waals surface area (Å²) in [5.41, 5.74) is 4.65. The second kappa shape index (κ2) is 8.46. The van der Waals surface area contributed by atoms with E-state index < -0.39 is 11.9 Å². The lowest BCUT2D eigenvalue weighted by molar-refractivity contribution is 0.0734. The minimum atomic E-state index is -0.458.